The maximum atomic E-state index is 12.9. The van der Waals surface area contributed by atoms with E-state index in [1.165, 1.54) is 13.3 Å². The van der Waals surface area contributed by atoms with Crippen LogP contribution in [0.1, 0.15) is 21.5 Å². The van der Waals surface area contributed by atoms with E-state index in [2.05, 4.69) is 9.97 Å². The highest BCUT2D eigenvalue weighted by molar-refractivity contribution is 8.24. The van der Waals surface area contributed by atoms with Crippen molar-refractivity contribution < 1.29 is 28.5 Å². The maximum Gasteiger partial charge on any atom is 0.339 e. The largest absolute Gasteiger partial charge is 0.494 e. The van der Waals surface area contributed by atoms with Crippen molar-refractivity contribution in [1.82, 2.24) is 14.9 Å². The van der Waals surface area contributed by atoms with Crippen LogP contribution in [0.2, 0.25) is 0 Å². The zero-order valence-electron chi connectivity index (χ0n) is 22.6. The number of nitrogens with one attached hydrogen (secondary N) is 1. The molecule has 1 fully saturated rings. The molecular weight excluding hydrogens is 546 g/mol. The first-order valence-corrected chi connectivity index (χ1v) is 14.8. The summed E-state index contributed by atoms with van der Waals surface area (Å²) in [7, 11) is 0.473. The molecule has 0 bridgehead atoms. The molecule has 41 heavy (non-hydrogen) atoms. The number of rotatable bonds is 7. The van der Waals surface area contributed by atoms with Crippen LogP contribution in [0, 0.1) is 0 Å². The summed E-state index contributed by atoms with van der Waals surface area (Å²) in [5.74, 6) is -0.212. The summed E-state index contributed by atoms with van der Waals surface area (Å²) < 4.78 is 24.4. The van der Waals surface area contributed by atoms with Gasteiger partial charge in [0.15, 0.2) is 0 Å². The second-order valence-electron chi connectivity index (χ2n) is 9.74. The van der Waals surface area contributed by atoms with Gasteiger partial charge in [-0.2, -0.15) is 10.6 Å². The average molecular weight is 578 g/mol. The van der Waals surface area contributed by atoms with Gasteiger partial charge in [0.25, 0.3) is 0 Å². The number of pyridine rings is 1. The van der Waals surface area contributed by atoms with Gasteiger partial charge in [-0.25, -0.2) is 9.79 Å². The predicted octanol–water partition coefficient (Wildman–Crippen LogP) is 4.25. The molecule has 2 aromatic heterocycles. The third-order valence-corrected chi connectivity index (χ3v) is 8.67. The van der Waals surface area contributed by atoms with E-state index in [4.69, 9.17) is 9.73 Å². The van der Waals surface area contributed by atoms with Crippen molar-refractivity contribution in [2.75, 3.05) is 50.2 Å². The molecule has 4 aromatic rings. The van der Waals surface area contributed by atoms with Gasteiger partial charge in [0.05, 0.1) is 53.2 Å². The monoisotopic (exact) mass is 577 g/mol. The number of carbonyl (C=O) groups is 2. The number of likely N-dealkylation sites (N-methyl/N-ethyl adjacent to an activating group) is 1. The van der Waals surface area contributed by atoms with E-state index in [1.54, 1.807) is 42.3 Å². The van der Waals surface area contributed by atoms with Gasteiger partial charge >= 0.3 is 5.97 Å². The lowest BCUT2D eigenvalue weighted by Crippen LogP contribution is -2.44. The van der Waals surface area contributed by atoms with Gasteiger partial charge in [0.2, 0.25) is 11.8 Å². The molecule has 4 N–H and O–H groups in total. The standard InChI is InChI=1S/C29H31N5O6S/c1-33(24(35)18-34-12-14-41(38,39)15-13-34)22-10-8-21(9-11-22)31-26(19-6-4-3-5-7-19)25-27-23(32-28(25)36)16-20(17-30-27)29(37)40-2/h3-11,16-17,32,36,38-39H,12-15,18H2,1-2H3. The van der Waals surface area contributed by atoms with Gasteiger partial charge in [-0.3, -0.25) is 23.8 Å². The number of H-pyrrole nitrogens is 1. The SMILES string of the molecule is COC(=O)c1cnc2c(C(=Nc3ccc(N(C)C(=O)CN4CCS(O)(O)CC4)cc3)c3ccccc3)c(O)[nH]c2c1. The minimum atomic E-state index is -2.52. The molecule has 2 aromatic carbocycles. The van der Waals surface area contributed by atoms with E-state index in [9.17, 15) is 23.8 Å². The number of esters is 1. The van der Waals surface area contributed by atoms with E-state index >= 15 is 0 Å². The number of nitrogens with zero attached hydrogens (tertiary/aromatic N) is 4. The number of aromatic nitrogens is 2. The Kier molecular flexibility index (Phi) is 8.08. The topological polar surface area (TPSA) is 152 Å². The number of aliphatic imine (C=N–C) groups is 1. The number of carbonyl (C=O) groups excluding carboxylic acids is 2. The van der Waals surface area contributed by atoms with E-state index in [1.807, 2.05) is 35.2 Å². The summed E-state index contributed by atoms with van der Waals surface area (Å²) in [5, 5.41) is 10.9. The Morgan fingerprint density at radius 1 is 1.07 bits per heavy atom. The Balaban J connectivity index is 1.42. The molecule has 0 saturated carbocycles. The molecule has 1 aliphatic rings. The lowest BCUT2D eigenvalue weighted by atomic mass is 10.0. The molecular formula is C29H31N5O6S. The van der Waals surface area contributed by atoms with Crippen LogP contribution in [0.4, 0.5) is 11.4 Å². The van der Waals surface area contributed by atoms with Crippen LogP contribution in [0.5, 0.6) is 5.88 Å². The highest BCUT2D eigenvalue weighted by Gasteiger charge is 2.25. The molecule has 0 atom stereocenters. The van der Waals surface area contributed by atoms with Gasteiger partial charge in [0, 0.05) is 37.6 Å². The highest BCUT2D eigenvalue weighted by Crippen LogP contribution is 2.40. The maximum absolute atomic E-state index is 12.9. The summed E-state index contributed by atoms with van der Waals surface area (Å²) in [6.07, 6.45) is 1.39. The predicted molar refractivity (Wildman–Crippen MR) is 160 cm³/mol. The molecule has 1 saturated heterocycles. The number of amides is 1. The fourth-order valence-corrected chi connectivity index (χ4v) is 5.93. The van der Waals surface area contributed by atoms with Crippen LogP contribution in [0.25, 0.3) is 11.0 Å². The van der Waals surface area contributed by atoms with Crippen molar-refractivity contribution in [3.8, 4) is 5.88 Å². The fraction of sp³-hybridized carbons (Fsp3) is 0.241. The lowest BCUT2D eigenvalue weighted by Gasteiger charge is -2.40. The number of aromatic hydroxyl groups is 1. The number of hydrogen-bond acceptors (Lipinski definition) is 9. The molecule has 0 aliphatic carbocycles. The second-order valence-corrected chi connectivity index (χ2v) is 12.2. The molecule has 1 amide bonds. The van der Waals surface area contributed by atoms with Crippen molar-refractivity contribution in [3.63, 3.8) is 0 Å². The summed E-state index contributed by atoms with van der Waals surface area (Å²) in [6, 6.07) is 18.1. The minimum absolute atomic E-state index is 0.106. The van der Waals surface area contributed by atoms with Gasteiger partial charge in [-0.1, -0.05) is 30.3 Å². The van der Waals surface area contributed by atoms with Crippen molar-refractivity contribution >= 4 is 50.6 Å². The van der Waals surface area contributed by atoms with Crippen molar-refractivity contribution in [3.05, 3.63) is 83.6 Å². The quantitative estimate of drug-likeness (QED) is 0.188. The Morgan fingerprint density at radius 2 is 1.76 bits per heavy atom. The third kappa shape index (κ3) is 6.25. The summed E-state index contributed by atoms with van der Waals surface area (Å²) in [6.45, 7) is 1.13. The van der Waals surface area contributed by atoms with E-state index < -0.39 is 16.6 Å². The highest BCUT2D eigenvalue weighted by atomic mass is 32.3. The Bertz CT molecular complexity index is 1590. The fourth-order valence-electron chi connectivity index (χ4n) is 4.62. The molecule has 1 aliphatic heterocycles. The van der Waals surface area contributed by atoms with Crippen LogP contribution < -0.4 is 4.90 Å². The first-order valence-electron chi connectivity index (χ1n) is 12.9. The zero-order chi connectivity index (χ0) is 29.1. The van der Waals surface area contributed by atoms with E-state index in [-0.39, 0.29) is 35.4 Å². The van der Waals surface area contributed by atoms with Crippen LogP contribution in [-0.2, 0) is 9.53 Å². The number of anilines is 1. The van der Waals surface area contributed by atoms with Crippen LogP contribution >= 0.6 is 10.6 Å². The van der Waals surface area contributed by atoms with Gasteiger partial charge in [-0.05, 0) is 30.3 Å². The second kappa shape index (κ2) is 11.7. The number of ether oxygens (including phenoxy) is 1. The number of benzene rings is 2. The lowest BCUT2D eigenvalue weighted by molar-refractivity contribution is -0.119. The normalized spacial score (nSPS) is 16.3. The Labute approximate surface area is 238 Å². The molecule has 3 heterocycles. The van der Waals surface area contributed by atoms with Crippen molar-refractivity contribution in [2.24, 2.45) is 4.99 Å². The Hall–Kier alpha value is -4.23. The van der Waals surface area contributed by atoms with Crippen molar-refractivity contribution in [1.29, 1.82) is 0 Å². The zero-order valence-corrected chi connectivity index (χ0v) is 23.5. The molecule has 12 heteroatoms. The Morgan fingerprint density at radius 3 is 2.41 bits per heavy atom. The number of aromatic amines is 1. The van der Waals surface area contributed by atoms with E-state index in [0.717, 1.165) is 5.56 Å². The summed E-state index contributed by atoms with van der Waals surface area (Å²) in [4.78, 5) is 40.5. The minimum Gasteiger partial charge on any atom is -0.494 e. The smallest absolute Gasteiger partial charge is 0.339 e. The molecule has 0 radical (unpaired) electrons. The molecule has 0 unspecified atom stereocenters. The molecule has 0 spiro atoms. The van der Waals surface area contributed by atoms with Gasteiger partial charge in [0.1, 0.15) is 5.52 Å². The number of methoxy groups -OCH3 is 1. The van der Waals surface area contributed by atoms with Crippen LogP contribution in [0.15, 0.2) is 71.9 Å². The van der Waals surface area contributed by atoms with Crippen LogP contribution in [0.3, 0.4) is 0 Å². The van der Waals surface area contributed by atoms with Gasteiger partial charge in [-0.15, -0.1) is 0 Å². The molecule has 214 valence electrons. The number of hydrogen-bond donors (Lipinski definition) is 4. The first-order chi connectivity index (χ1) is 19.6. The third-order valence-electron chi connectivity index (χ3n) is 7.00. The van der Waals surface area contributed by atoms with Gasteiger partial charge < -0.3 is 19.7 Å². The van der Waals surface area contributed by atoms with Crippen LogP contribution in [-0.4, -0.2) is 92.0 Å². The molecule has 5 rings (SSSR count). The average Bonchev–Trinajstić information content (AvgIpc) is 3.31. The summed E-state index contributed by atoms with van der Waals surface area (Å²) in [5.41, 5.74) is 4.03. The summed E-state index contributed by atoms with van der Waals surface area (Å²) >= 11 is 0. The first kappa shape index (κ1) is 28.3. The van der Waals surface area contributed by atoms with E-state index in [0.29, 0.717) is 46.8 Å². The molecule has 11 nitrogen and oxygen atoms in total. The van der Waals surface area contributed by atoms with Crippen molar-refractivity contribution in [2.45, 2.75) is 0 Å². The number of fused-ring (bicyclic) bond motifs is 1.